The monoisotopic (exact) mass is 545 g/mol. The molecule has 1 unspecified atom stereocenters. The van der Waals surface area contributed by atoms with E-state index in [2.05, 4.69) is 5.32 Å². The van der Waals surface area contributed by atoms with Crippen LogP contribution in [-0.2, 0) is 32.6 Å². The minimum atomic E-state index is -3.88. The van der Waals surface area contributed by atoms with Gasteiger partial charge in [0.1, 0.15) is 18.4 Å². The van der Waals surface area contributed by atoms with Crippen LogP contribution in [0.25, 0.3) is 0 Å². The Bertz CT molecular complexity index is 1350. The van der Waals surface area contributed by atoms with E-state index in [1.165, 1.54) is 42.3 Å². The molecule has 0 aliphatic carbocycles. The Morgan fingerprint density at radius 3 is 2.22 bits per heavy atom. The van der Waals surface area contributed by atoms with Crippen molar-refractivity contribution in [3.05, 3.63) is 100 Å². The summed E-state index contributed by atoms with van der Waals surface area (Å²) in [6, 6.07) is 18.5. The van der Waals surface area contributed by atoms with Crippen LogP contribution in [0.15, 0.2) is 72.8 Å². The second-order valence-corrected chi connectivity index (χ2v) is 11.0. The van der Waals surface area contributed by atoms with E-state index in [1.54, 1.807) is 19.1 Å². The van der Waals surface area contributed by atoms with Gasteiger partial charge in [-0.05, 0) is 53.9 Å². The number of hydrogen-bond acceptors (Lipinski definition) is 4. The fourth-order valence-electron chi connectivity index (χ4n) is 4.00. The van der Waals surface area contributed by atoms with Gasteiger partial charge in [0.25, 0.3) is 0 Å². The summed E-state index contributed by atoms with van der Waals surface area (Å²) in [6.45, 7) is 1.13. The van der Waals surface area contributed by atoms with Gasteiger partial charge in [0.05, 0.1) is 11.9 Å². The fraction of sp³-hybridized carbons (Fsp3) is 0.259. The average molecular weight is 546 g/mol. The minimum absolute atomic E-state index is 0.0266. The van der Waals surface area contributed by atoms with E-state index in [-0.39, 0.29) is 13.0 Å². The third-order valence-corrected chi connectivity index (χ3v) is 7.25. The van der Waals surface area contributed by atoms with Crippen molar-refractivity contribution in [3.63, 3.8) is 0 Å². The number of anilines is 1. The Morgan fingerprint density at radius 1 is 1.00 bits per heavy atom. The average Bonchev–Trinajstić information content (AvgIpc) is 2.85. The summed E-state index contributed by atoms with van der Waals surface area (Å²) in [6.07, 6.45) is 1.21. The van der Waals surface area contributed by atoms with Crippen molar-refractivity contribution in [2.75, 3.05) is 24.2 Å². The van der Waals surface area contributed by atoms with Crippen molar-refractivity contribution in [1.29, 1.82) is 0 Å². The van der Waals surface area contributed by atoms with Crippen LogP contribution >= 0.6 is 11.6 Å². The number of carbonyl (C=O) groups excluding carboxylic acids is 2. The summed E-state index contributed by atoms with van der Waals surface area (Å²) >= 11 is 6.05. The number of carbonyl (C=O) groups is 2. The molecular weight excluding hydrogens is 517 g/mol. The van der Waals surface area contributed by atoms with Crippen LogP contribution in [0.4, 0.5) is 10.1 Å². The molecule has 3 aromatic carbocycles. The summed E-state index contributed by atoms with van der Waals surface area (Å²) in [5.74, 6) is -1.43. The molecule has 1 N–H and O–H groups in total. The van der Waals surface area contributed by atoms with Crippen LogP contribution in [0.2, 0.25) is 5.02 Å². The van der Waals surface area contributed by atoms with Gasteiger partial charge in [-0.3, -0.25) is 13.9 Å². The van der Waals surface area contributed by atoms with Crippen LogP contribution in [0.1, 0.15) is 16.7 Å². The Labute approximate surface area is 221 Å². The first-order valence-electron chi connectivity index (χ1n) is 11.5. The topological polar surface area (TPSA) is 86.8 Å². The lowest BCUT2D eigenvalue weighted by atomic mass is 10.0. The minimum Gasteiger partial charge on any atom is -0.357 e. The number of nitrogens with zero attached hydrogens (tertiary/aromatic N) is 2. The lowest BCUT2D eigenvalue weighted by molar-refractivity contribution is -0.139. The molecule has 0 saturated heterocycles. The van der Waals surface area contributed by atoms with Crippen LogP contribution in [-0.4, -0.2) is 51.0 Å². The first kappa shape index (κ1) is 28.1. The van der Waals surface area contributed by atoms with Gasteiger partial charge in [-0.25, -0.2) is 12.8 Å². The largest absolute Gasteiger partial charge is 0.357 e. The van der Waals surface area contributed by atoms with Crippen molar-refractivity contribution >= 4 is 39.1 Å². The molecule has 196 valence electrons. The fourth-order valence-corrected chi connectivity index (χ4v) is 5.13. The summed E-state index contributed by atoms with van der Waals surface area (Å²) in [5.41, 5.74) is 2.29. The first-order chi connectivity index (χ1) is 17.5. The van der Waals surface area contributed by atoms with E-state index in [0.29, 0.717) is 21.8 Å². The SMILES string of the molecule is CNC(=O)C(Cc1ccccc1)N(Cc1ccc(F)cc1)C(=O)CN(c1ccc(Cl)cc1C)S(C)(=O)=O. The number of benzene rings is 3. The first-order valence-corrected chi connectivity index (χ1v) is 13.8. The van der Waals surface area contributed by atoms with Gasteiger partial charge >= 0.3 is 0 Å². The molecule has 1 atom stereocenters. The Morgan fingerprint density at radius 2 is 1.65 bits per heavy atom. The number of halogens is 2. The zero-order valence-electron chi connectivity index (χ0n) is 20.8. The molecule has 3 aromatic rings. The predicted molar refractivity (Wildman–Crippen MR) is 143 cm³/mol. The van der Waals surface area contributed by atoms with E-state index >= 15 is 0 Å². The van der Waals surface area contributed by atoms with Crippen molar-refractivity contribution in [1.82, 2.24) is 10.2 Å². The van der Waals surface area contributed by atoms with Crippen LogP contribution in [0.5, 0.6) is 0 Å². The molecule has 0 aliphatic rings. The standard InChI is InChI=1S/C27H29ClFN3O4S/c1-19-15-22(28)11-14-24(19)32(37(3,35)36)18-26(33)31(17-21-9-12-23(29)13-10-21)25(27(34)30-2)16-20-7-5-4-6-8-20/h4-15,25H,16-18H2,1-3H3,(H,30,34). The Hall–Kier alpha value is -3.43. The van der Waals surface area contributed by atoms with E-state index in [1.807, 2.05) is 30.3 Å². The van der Waals surface area contributed by atoms with Crippen molar-refractivity contribution in [2.45, 2.75) is 25.9 Å². The maximum absolute atomic E-state index is 13.8. The molecule has 0 heterocycles. The second-order valence-electron chi connectivity index (χ2n) is 8.67. The molecule has 3 rings (SSSR count). The highest BCUT2D eigenvalue weighted by Crippen LogP contribution is 2.26. The summed E-state index contributed by atoms with van der Waals surface area (Å²) in [5, 5.41) is 3.04. The molecule has 0 saturated carbocycles. The zero-order valence-corrected chi connectivity index (χ0v) is 22.4. The molecule has 0 bridgehead atoms. The lowest BCUT2D eigenvalue weighted by Crippen LogP contribution is -2.53. The Kier molecular flexibility index (Phi) is 9.29. The number of amides is 2. The van der Waals surface area contributed by atoms with Gasteiger partial charge in [0.2, 0.25) is 21.8 Å². The maximum atomic E-state index is 13.8. The maximum Gasteiger partial charge on any atom is 0.244 e. The number of rotatable bonds is 10. The molecule has 10 heteroatoms. The van der Waals surface area contributed by atoms with Crippen LogP contribution in [0, 0.1) is 12.7 Å². The highest BCUT2D eigenvalue weighted by Gasteiger charge is 2.33. The van der Waals surface area contributed by atoms with Crippen molar-refractivity contribution in [2.24, 2.45) is 0 Å². The highest BCUT2D eigenvalue weighted by molar-refractivity contribution is 7.92. The van der Waals surface area contributed by atoms with Gasteiger partial charge in [0, 0.05) is 25.0 Å². The quantitative estimate of drug-likeness (QED) is 0.418. The van der Waals surface area contributed by atoms with Gasteiger partial charge in [-0.15, -0.1) is 0 Å². The van der Waals surface area contributed by atoms with Gasteiger partial charge in [-0.1, -0.05) is 54.1 Å². The van der Waals surface area contributed by atoms with E-state index in [9.17, 15) is 22.4 Å². The Balaban J connectivity index is 2.04. The molecular formula is C27H29ClFN3O4S. The van der Waals surface area contributed by atoms with E-state index in [0.717, 1.165) is 16.1 Å². The second kappa shape index (κ2) is 12.2. The van der Waals surface area contributed by atoms with Gasteiger partial charge in [0.15, 0.2) is 0 Å². The molecule has 0 fully saturated rings. The van der Waals surface area contributed by atoms with Gasteiger partial charge < -0.3 is 10.2 Å². The normalized spacial score (nSPS) is 12.0. The summed E-state index contributed by atoms with van der Waals surface area (Å²) in [7, 11) is -2.41. The molecule has 2 amide bonds. The third kappa shape index (κ3) is 7.53. The van der Waals surface area contributed by atoms with Crippen molar-refractivity contribution < 1.29 is 22.4 Å². The molecule has 0 aliphatic heterocycles. The number of hydrogen-bond donors (Lipinski definition) is 1. The molecule has 37 heavy (non-hydrogen) atoms. The van der Waals surface area contributed by atoms with Crippen LogP contribution in [0.3, 0.4) is 0 Å². The molecule has 7 nitrogen and oxygen atoms in total. The molecule has 0 radical (unpaired) electrons. The van der Waals surface area contributed by atoms with E-state index < -0.39 is 40.2 Å². The van der Waals surface area contributed by atoms with E-state index in [4.69, 9.17) is 11.6 Å². The molecule has 0 spiro atoms. The number of sulfonamides is 1. The predicted octanol–water partition coefficient (Wildman–Crippen LogP) is 3.94. The summed E-state index contributed by atoms with van der Waals surface area (Å²) in [4.78, 5) is 28.2. The number of nitrogens with one attached hydrogen (secondary N) is 1. The number of likely N-dealkylation sites (N-methyl/N-ethyl adjacent to an activating group) is 1. The lowest BCUT2D eigenvalue weighted by Gasteiger charge is -2.33. The third-order valence-electron chi connectivity index (χ3n) is 5.89. The zero-order chi connectivity index (χ0) is 27.2. The van der Waals surface area contributed by atoms with Gasteiger partial charge in [-0.2, -0.15) is 0 Å². The van der Waals surface area contributed by atoms with Crippen LogP contribution < -0.4 is 9.62 Å². The smallest absolute Gasteiger partial charge is 0.244 e. The van der Waals surface area contributed by atoms with Crippen molar-refractivity contribution in [3.8, 4) is 0 Å². The summed E-state index contributed by atoms with van der Waals surface area (Å²) < 4.78 is 40.1. The molecule has 0 aromatic heterocycles. The number of aryl methyl sites for hydroxylation is 1. The highest BCUT2D eigenvalue weighted by atomic mass is 35.5.